The van der Waals surface area contributed by atoms with Gasteiger partial charge in [-0.2, -0.15) is 4.98 Å². The van der Waals surface area contributed by atoms with E-state index < -0.39 is 5.76 Å². The Bertz CT molecular complexity index is 1570. The molecule has 222 valence electrons. The average Bonchev–Trinajstić information content (AvgIpc) is 3.57. The molecule has 0 bridgehead atoms. The quantitative estimate of drug-likeness (QED) is 0.294. The normalized spacial score (nSPS) is 24.0. The maximum atomic E-state index is 11.8. The van der Waals surface area contributed by atoms with Crippen LogP contribution in [0.25, 0.3) is 22.9 Å². The summed E-state index contributed by atoms with van der Waals surface area (Å²) in [7, 11) is 0. The van der Waals surface area contributed by atoms with E-state index in [-0.39, 0.29) is 23.8 Å². The highest BCUT2D eigenvalue weighted by molar-refractivity contribution is 5.87. The Labute approximate surface area is 245 Å². The summed E-state index contributed by atoms with van der Waals surface area (Å²) < 4.78 is 13.6. The number of nitrogens with one attached hydrogen (secondary N) is 2. The molecule has 0 unspecified atom stereocenters. The molecule has 1 saturated heterocycles. The molecule has 2 atom stereocenters. The molecular formula is C31H40N8O3. The van der Waals surface area contributed by atoms with Gasteiger partial charge in [-0.15, -0.1) is 5.10 Å². The number of rotatable bonds is 8. The minimum absolute atomic E-state index is 0.0315. The van der Waals surface area contributed by atoms with Gasteiger partial charge in [-0.25, -0.2) is 19.9 Å². The Hall–Kier alpha value is -3.73. The van der Waals surface area contributed by atoms with Crippen molar-refractivity contribution in [3.63, 3.8) is 0 Å². The molecule has 0 amide bonds. The van der Waals surface area contributed by atoms with Gasteiger partial charge < -0.3 is 23.9 Å². The van der Waals surface area contributed by atoms with E-state index in [2.05, 4.69) is 63.1 Å². The molecule has 4 aromatic rings. The number of ether oxygens (including phenoxy) is 1. The summed E-state index contributed by atoms with van der Waals surface area (Å²) in [5.41, 5.74) is 2.67. The van der Waals surface area contributed by atoms with E-state index >= 15 is 0 Å². The van der Waals surface area contributed by atoms with Gasteiger partial charge in [0.1, 0.15) is 5.52 Å². The first-order chi connectivity index (χ1) is 20.5. The fourth-order valence-corrected chi connectivity index (χ4v) is 6.78. The highest BCUT2D eigenvalue weighted by atomic mass is 16.5. The van der Waals surface area contributed by atoms with Crippen LogP contribution in [0, 0.1) is 17.8 Å². The van der Waals surface area contributed by atoms with Gasteiger partial charge in [0.15, 0.2) is 11.5 Å². The number of benzene rings is 1. The van der Waals surface area contributed by atoms with Crippen molar-refractivity contribution in [2.24, 2.45) is 17.8 Å². The molecule has 3 aliphatic rings. The molecule has 1 aliphatic heterocycles. The van der Waals surface area contributed by atoms with Crippen LogP contribution >= 0.6 is 0 Å². The van der Waals surface area contributed by atoms with Crippen molar-refractivity contribution < 1.29 is 9.15 Å². The van der Waals surface area contributed by atoms with Gasteiger partial charge in [0.2, 0.25) is 11.8 Å². The predicted molar refractivity (Wildman–Crippen MR) is 160 cm³/mol. The minimum atomic E-state index is -0.636. The third kappa shape index (κ3) is 5.30. The monoisotopic (exact) mass is 572 g/mol. The SMILES string of the molecule is CC1CCC(Cn2c(N3CCOC[C@H]3c3ccccc3)nc3nc(-c4n[nH]c(=O)o4)nc(N[C@H](C)C4CCC4)c32)CC1. The van der Waals surface area contributed by atoms with Gasteiger partial charge in [-0.1, -0.05) is 56.5 Å². The summed E-state index contributed by atoms with van der Waals surface area (Å²) in [6.45, 7) is 7.38. The molecule has 3 fully saturated rings. The van der Waals surface area contributed by atoms with Crippen molar-refractivity contribution in [3.05, 3.63) is 46.4 Å². The molecule has 42 heavy (non-hydrogen) atoms. The van der Waals surface area contributed by atoms with E-state index in [4.69, 9.17) is 24.1 Å². The van der Waals surface area contributed by atoms with E-state index in [1.807, 2.05) is 6.07 Å². The van der Waals surface area contributed by atoms with Crippen molar-refractivity contribution in [3.8, 4) is 11.7 Å². The number of aromatic nitrogens is 6. The van der Waals surface area contributed by atoms with Gasteiger partial charge in [0, 0.05) is 19.1 Å². The highest BCUT2D eigenvalue weighted by Crippen LogP contribution is 2.38. The molecule has 0 spiro atoms. The second kappa shape index (κ2) is 11.5. The van der Waals surface area contributed by atoms with E-state index in [1.54, 1.807) is 0 Å². The fourth-order valence-electron chi connectivity index (χ4n) is 6.78. The van der Waals surface area contributed by atoms with Crippen LogP contribution in [0.4, 0.5) is 11.8 Å². The largest absolute Gasteiger partial charge is 0.434 e. The Morgan fingerprint density at radius 2 is 1.88 bits per heavy atom. The van der Waals surface area contributed by atoms with E-state index in [1.165, 1.54) is 50.5 Å². The van der Waals surface area contributed by atoms with Gasteiger partial charge in [-0.05, 0) is 55.9 Å². The number of hydrogen-bond acceptors (Lipinski definition) is 9. The minimum Gasteiger partial charge on any atom is -0.384 e. The van der Waals surface area contributed by atoms with Crippen LogP contribution in [0.3, 0.4) is 0 Å². The average molecular weight is 573 g/mol. The summed E-state index contributed by atoms with van der Waals surface area (Å²) in [6, 6.07) is 10.8. The molecule has 0 radical (unpaired) electrons. The number of hydrogen-bond donors (Lipinski definition) is 2. The number of H-pyrrole nitrogens is 1. The first kappa shape index (κ1) is 27.1. The van der Waals surface area contributed by atoms with Crippen molar-refractivity contribution in [1.82, 2.24) is 29.7 Å². The molecule has 11 heteroatoms. The number of anilines is 2. The summed E-state index contributed by atoms with van der Waals surface area (Å²) in [4.78, 5) is 29.2. The van der Waals surface area contributed by atoms with E-state index in [0.717, 1.165) is 30.5 Å². The van der Waals surface area contributed by atoms with Crippen LogP contribution in [0.5, 0.6) is 0 Å². The van der Waals surface area contributed by atoms with E-state index in [9.17, 15) is 4.79 Å². The topological polar surface area (TPSA) is 127 Å². The lowest BCUT2D eigenvalue weighted by molar-refractivity contribution is 0.0927. The third-order valence-corrected chi connectivity index (χ3v) is 9.58. The van der Waals surface area contributed by atoms with Crippen molar-refractivity contribution in [2.45, 2.75) is 77.4 Å². The Kier molecular flexibility index (Phi) is 7.43. The second-order valence-electron chi connectivity index (χ2n) is 12.5. The molecule has 11 nitrogen and oxygen atoms in total. The molecule has 3 aromatic heterocycles. The maximum absolute atomic E-state index is 11.8. The standard InChI is InChI=1S/C31H40N8O3/c1-19-11-13-21(14-12-19)17-39-25-26(32-20(2)22-9-6-10-22)33-28(29-36-37-31(40)42-29)34-27(25)35-30(39)38-15-16-41-18-24(38)23-7-4-3-5-8-23/h3-5,7-8,19-22,24H,6,9-18H2,1-2H3,(H,37,40)(H,32,33,34)/t19?,20-,21?,24+/m1/s1. The van der Waals surface area contributed by atoms with Gasteiger partial charge in [0.05, 0.1) is 19.3 Å². The van der Waals surface area contributed by atoms with Crippen molar-refractivity contribution >= 4 is 22.9 Å². The second-order valence-corrected chi connectivity index (χ2v) is 12.5. The van der Waals surface area contributed by atoms with Crippen LogP contribution in [0.15, 0.2) is 39.5 Å². The van der Waals surface area contributed by atoms with Gasteiger partial charge in [-0.3, -0.25) is 0 Å². The molecule has 7 rings (SSSR count). The van der Waals surface area contributed by atoms with Crippen LogP contribution < -0.4 is 16.0 Å². The number of imidazole rings is 1. The zero-order valence-corrected chi connectivity index (χ0v) is 24.5. The Morgan fingerprint density at radius 1 is 1.07 bits per heavy atom. The zero-order valence-electron chi connectivity index (χ0n) is 24.5. The van der Waals surface area contributed by atoms with Crippen LogP contribution in [0.1, 0.15) is 70.4 Å². The molecule has 2 saturated carbocycles. The Morgan fingerprint density at radius 3 is 2.60 bits per heavy atom. The summed E-state index contributed by atoms with van der Waals surface area (Å²) in [5, 5.41) is 10.1. The molecule has 4 heterocycles. The summed E-state index contributed by atoms with van der Waals surface area (Å²) in [5.74, 6) is 3.19. The van der Waals surface area contributed by atoms with Crippen molar-refractivity contribution in [2.75, 3.05) is 30.0 Å². The van der Waals surface area contributed by atoms with Crippen LogP contribution in [0.2, 0.25) is 0 Å². The molecule has 2 aliphatic carbocycles. The predicted octanol–water partition coefficient (Wildman–Crippen LogP) is 5.17. The lowest BCUT2D eigenvalue weighted by Crippen LogP contribution is -2.41. The first-order valence-electron chi connectivity index (χ1n) is 15.5. The number of fused-ring (bicyclic) bond motifs is 1. The maximum Gasteiger partial charge on any atom is 0.434 e. The number of morpholine rings is 1. The van der Waals surface area contributed by atoms with Gasteiger partial charge >= 0.3 is 5.76 Å². The van der Waals surface area contributed by atoms with Crippen LogP contribution in [-0.2, 0) is 11.3 Å². The van der Waals surface area contributed by atoms with E-state index in [0.29, 0.717) is 36.5 Å². The number of nitrogens with zero attached hydrogens (tertiary/aromatic N) is 6. The van der Waals surface area contributed by atoms with Crippen molar-refractivity contribution in [1.29, 1.82) is 0 Å². The first-order valence-corrected chi connectivity index (χ1v) is 15.5. The van der Waals surface area contributed by atoms with Gasteiger partial charge in [0.25, 0.3) is 5.89 Å². The molecule has 1 aromatic carbocycles. The highest BCUT2D eigenvalue weighted by Gasteiger charge is 2.33. The Balaban J connectivity index is 1.38. The zero-order chi connectivity index (χ0) is 28.6. The van der Waals surface area contributed by atoms with Crippen LogP contribution in [-0.4, -0.2) is 55.5 Å². The number of aromatic amines is 1. The fraction of sp³-hybridized carbons (Fsp3) is 0.581. The molecule has 2 N–H and O–H groups in total. The third-order valence-electron chi connectivity index (χ3n) is 9.58. The lowest BCUT2D eigenvalue weighted by Gasteiger charge is -2.37. The lowest BCUT2D eigenvalue weighted by atomic mass is 9.80. The smallest absolute Gasteiger partial charge is 0.384 e. The summed E-state index contributed by atoms with van der Waals surface area (Å²) in [6.07, 6.45) is 8.58. The molecular weight excluding hydrogens is 532 g/mol. The summed E-state index contributed by atoms with van der Waals surface area (Å²) >= 11 is 0.